The van der Waals surface area contributed by atoms with Crippen LogP contribution in [0.2, 0.25) is 0 Å². The maximum absolute atomic E-state index is 12.4. The number of non-ortho nitro benzene ring substituents is 1. The van der Waals surface area contributed by atoms with Crippen LogP contribution in [0, 0.1) is 10.1 Å². The van der Waals surface area contributed by atoms with Crippen LogP contribution in [-0.4, -0.2) is 27.1 Å². The Balaban J connectivity index is 1.77. The second-order valence-electron chi connectivity index (χ2n) is 5.13. The van der Waals surface area contributed by atoms with Gasteiger partial charge in [-0.2, -0.15) is 0 Å². The van der Waals surface area contributed by atoms with Crippen LogP contribution in [0.1, 0.15) is 10.4 Å². The van der Waals surface area contributed by atoms with Gasteiger partial charge in [-0.3, -0.25) is 19.5 Å². The average Bonchev–Trinajstić information content (AvgIpc) is 2.99. The topological polar surface area (TPSA) is 94.6 Å². The van der Waals surface area contributed by atoms with E-state index in [0.29, 0.717) is 16.8 Å². The molecule has 0 bridgehead atoms. The summed E-state index contributed by atoms with van der Waals surface area (Å²) >= 11 is 0. The number of aromatic nitrogens is 1. The molecule has 0 atom stereocenters. The predicted octanol–water partition coefficient (Wildman–Crippen LogP) is 2.76. The molecule has 0 spiro atoms. The summed E-state index contributed by atoms with van der Waals surface area (Å²) in [5.74, 6) is 0.0667. The molecule has 7 heteroatoms. The first kappa shape index (κ1) is 15.7. The Morgan fingerprint density at radius 1 is 1.17 bits per heavy atom. The van der Waals surface area contributed by atoms with Gasteiger partial charge in [0.25, 0.3) is 11.6 Å². The number of hydrogen-bond acceptors (Lipinski definition) is 5. The fraction of sp³-hybridized carbons (Fsp3) is 0.118. The Labute approximate surface area is 136 Å². The first-order valence-electron chi connectivity index (χ1n) is 7.20. The van der Waals surface area contributed by atoms with Crippen molar-refractivity contribution in [3.05, 3.63) is 70.4 Å². The molecular formula is C17H14N2O5. The number of para-hydroxylation sites is 1. The zero-order valence-corrected chi connectivity index (χ0v) is 12.6. The average molecular weight is 326 g/mol. The van der Waals surface area contributed by atoms with E-state index < -0.39 is 4.92 Å². The Morgan fingerprint density at radius 3 is 2.54 bits per heavy atom. The summed E-state index contributed by atoms with van der Waals surface area (Å²) in [6.45, 7) is -0.384. The van der Waals surface area contributed by atoms with E-state index in [4.69, 9.17) is 4.74 Å². The second kappa shape index (κ2) is 6.51. The molecule has 24 heavy (non-hydrogen) atoms. The van der Waals surface area contributed by atoms with Crippen molar-refractivity contribution < 1.29 is 19.6 Å². The molecule has 0 aliphatic rings. The van der Waals surface area contributed by atoms with Crippen LogP contribution >= 0.6 is 0 Å². The Morgan fingerprint density at radius 2 is 1.88 bits per heavy atom. The first-order chi connectivity index (χ1) is 11.6. The van der Waals surface area contributed by atoms with Gasteiger partial charge in [-0.25, -0.2) is 0 Å². The molecule has 1 N–H and O–H groups in total. The Hall–Kier alpha value is -3.19. The van der Waals surface area contributed by atoms with Crippen LogP contribution in [0.25, 0.3) is 10.9 Å². The number of rotatable bonds is 5. The van der Waals surface area contributed by atoms with Crippen molar-refractivity contribution in [3.63, 3.8) is 0 Å². The van der Waals surface area contributed by atoms with Crippen molar-refractivity contribution in [2.45, 2.75) is 6.61 Å². The van der Waals surface area contributed by atoms with Crippen LogP contribution < -0.4 is 4.74 Å². The molecule has 1 heterocycles. The molecule has 0 aliphatic carbocycles. The quantitative estimate of drug-likeness (QED) is 0.574. The molecule has 0 amide bonds. The number of nitrogens with zero attached hydrogens (tertiary/aromatic N) is 2. The molecule has 3 aromatic rings. The number of benzene rings is 2. The highest BCUT2D eigenvalue weighted by atomic mass is 16.6. The lowest BCUT2D eigenvalue weighted by Gasteiger charge is -2.07. The third-order valence-electron chi connectivity index (χ3n) is 3.64. The minimum Gasteiger partial charge on any atom is -0.484 e. The molecule has 3 rings (SSSR count). The van der Waals surface area contributed by atoms with Crippen LogP contribution in [0.5, 0.6) is 5.75 Å². The summed E-state index contributed by atoms with van der Waals surface area (Å²) in [6.07, 6.45) is 1.59. The highest BCUT2D eigenvalue weighted by molar-refractivity contribution is 5.95. The Kier molecular flexibility index (Phi) is 4.26. The fourth-order valence-corrected chi connectivity index (χ4v) is 2.46. The van der Waals surface area contributed by atoms with Crippen LogP contribution in [0.3, 0.4) is 0 Å². The largest absolute Gasteiger partial charge is 0.484 e. The van der Waals surface area contributed by atoms with Crippen LogP contribution in [-0.2, 0) is 6.61 Å². The molecule has 0 unspecified atom stereocenters. The smallest absolute Gasteiger partial charge is 0.269 e. The number of ether oxygens (including phenoxy) is 1. The van der Waals surface area contributed by atoms with E-state index in [1.165, 1.54) is 28.8 Å². The molecule has 2 aromatic carbocycles. The van der Waals surface area contributed by atoms with Gasteiger partial charge in [-0.1, -0.05) is 18.2 Å². The van der Waals surface area contributed by atoms with Gasteiger partial charge < -0.3 is 9.84 Å². The SMILES string of the molecule is O=C(COc1ccc([N+](=O)[O-])cc1)n1cc(CO)c2ccccc21. The lowest BCUT2D eigenvalue weighted by atomic mass is 10.2. The molecule has 0 saturated carbocycles. The molecule has 0 fully saturated rings. The number of carbonyl (C=O) groups excluding carboxylic acids is 1. The zero-order valence-electron chi connectivity index (χ0n) is 12.6. The van der Waals surface area contributed by atoms with E-state index >= 15 is 0 Å². The summed E-state index contributed by atoms with van der Waals surface area (Å²) in [4.78, 5) is 22.5. The molecule has 122 valence electrons. The van der Waals surface area contributed by atoms with Crippen molar-refractivity contribution in [2.24, 2.45) is 0 Å². The van der Waals surface area contributed by atoms with Crippen molar-refractivity contribution >= 4 is 22.5 Å². The van der Waals surface area contributed by atoms with Gasteiger partial charge in [0, 0.05) is 29.3 Å². The van der Waals surface area contributed by atoms with E-state index in [1.807, 2.05) is 18.2 Å². The lowest BCUT2D eigenvalue weighted by molar-refractivity contribution is -0.384. The Bertz CT molecular complexity index is 899. The van der Waals surface area contributed by atoms with Gasteiger partial charge in [0.15, 0.2) is 6.61 Å². The van der Waals surface area contributed by atoms with Crippen LogP contribution in [0.15, 0.2) is 54.7 Å². The number of nitro benzene ring substituents is 1. The van der Waals surface area contributed by atoms with Crippen molar-refractivity contribution in [2.75, 3.05) is 6.61 Å². The van der Waals surface area contributed by atoms with E-state index in [-0.39, 0.29) is 24.8 Å². The van der Waals surface area contributed by atoms with Crippen molar-refractivity contribution in [3.8, 4) is 5.75 Å². The highest BCUT2D eigenvalue weighted by Gasteiger charge is 2.14. The monoisotopic (exact) mass is 326 g/mol. The molecule has 7 nitrogen and oxygen atoms in total. The third kappa shape index (κ3) is 2.97. The molecule has 0 radical (unpaired) electrons. The second-order valence-corrected chi connectivity index (χ2v) is 5.13. The predicted molar refractivity (Wildman–Crippen MR) is 87.1 cm³/mol. The van der Waals surface area contributed by atoms with Gasteiger partial charge in [-0.05, 0) is 18.2 Å². The standard InChI is InChI=1S/C17H14N2O5/c20-10-12-9-18(16-4-2-1-3-15(12)16)17(21)11-24-14-7-5-13(6-8-14)19(22)23/h1-9,20H,10-11H2. The fourth-order valence-electron chi connectivity index (χ4n) is 2.46. The zero-order chi connectivity index (χ0) is 17.1. The maximum Gasteiger partial charge on any atom is 0.269 e. The normalized spacial score (nSPS) is 10.7. The number of nitro groups is 1. The number of aliphatic hydroxyl groups is 1. The van der Waals surface area contributed by atoms with Crippen molar-refractivity contribution in [1.82, 2.24) is 4.57 Å². The summed E-state index contributed by atoms with van der Waals surface area (Å²) in [5.41, 5.74) is 1.31. The number of fused-ring (bicyclic) bond motifs is 1. The minimum atomic E-state index is -0.503. The van der Waals surface area contributed by atoms with Crippen LogP contribution in [0.4, 0.5) is 5.69 Å². The molecule has 1 aromatic heterocycles. The van der Waals surface area contributed by atoms with E-state index in [1.54, 1.807) is 12.3 Å². The number of carbonyl (C=O) groups is 1. The van der Waals surface area contributed by atoms with E-state index in [0.717, 1.165) is 5.39 Å². The van der Waals surface area contributed by atoms with Gasteiger partial charge in [-0.15, -0.1) is 0 Å². The lowest BCUT2D eigenvalue weighted by Crippen LogP contribution is -2.18. The summed E-state index contributed by atoms with van der Waals surface area (Å²) in [7, 11) is 0. The number of aliphatic hydroxyl groups excluding tert-OH is 1. The van der Waals surface area contributed by atoms with E-state index in [9.17, 15) is 20.0 Å². The highest BCUT2D eigenvalue weighted by Crippen LogP contribution is 2.22. The third-order valence-corrected chi connectivity index (χ3v) is 3.64. The van der Waals surface area contributed by atoms with Crippen molar-refractivity contribution in [1.29, 1.82) is 0 Å². The molecule has 0 aliphatic heterocycles. The summed E-state index contributed by atoms with van der Waals surface area (Å²) < 4.78 is 6.83. The van der Waals surface area contributed by atoms with Gasteiger partial charge in [0.05, 0.1) is 17.0 Å². The summed E-state index contributed by atoms with van der Waals surface area (Å²) in [6, 6.07) is 12.8. The maximum atomic E-state index is 12.4. The number of hydrogen-bond donors (Lipinski definition) is 1. The minimum absolute atomic E-state index is 0.0438. The van der Waals surface area contributed by atoms with Gasteiger partial charge in [0.1, 0.15) is 5.75 Å². The van der Waals surface area contributed by atoms with E-state index in [2.05, 4.69) is 0 Å². The summed E-state index contributed by atoms with van der Waals surface area (Å²) in [5, 5.41) is 20.8. The molecule has 0 saturated heterocycles. The van der Waals surface area contributed by atoms with Gasteiger partial charge >= 0.3 is 0 Å². The van der Waals surface area contributed by atoms with Gasteiger partial charge in [0.2, 0.25) is 0 Å². The molecular weight excluding hydrogens is 312 g/mol. The first-order valence-corrected chi connectivity index (χ1v) is 7.20.